The summed E-state index contributed by atoms with van der Waals surface area (Å²) in [6.07, 6.45) is 5.05. The van der Waals surface area contributed by atoms with E-state index in [0.29, 0.717) is 17.2 Å². The number of halogens is 1. The monoisotopic (exact) mass is 294 g/mol. The predicted molar refractivity (Wildman–Crippen MR) is 78.7 cm³/mol. The highest BCUT2D eigenvalue weighted by molar-refractivity contribution is 8.00. The average molecular weight is 295 g/mol. The van der Waals surface area contributed by atoms with E-state index in [4.69, 9.17) is 11.6 Å². The maximum absolute atomic E-state index is 11.8. The first-order valence-electron chi connectivity index (χ1n) is 6.01. The summed E-state index contributed by atoms with van der Waals surface area (Å²) in [4.78, 5) is 12.8. The molecule has 0 unspecified atom stereocenters. The van der Waals surface area contributed by atoms with Crippen molar-refractivity contribution in [3.05, 3.63) is 47.2 Å². The second-order valence-corrected chi connectivity index (χ2v) is 5.79. The molecule has 0 amide bonds. The summed E-state index contributed by atoms with van der Waals surface area (Å²) in [5.74, 6) is 0.731. The second-order valence-electron chi connectivity index (χ2n) is 4.31. The van der Waals surface area contributed by atoms with Gasteiger partial charge in [-0.15, -0.1) is 11.8 Å². The van der Waals surface area contributed by atoms with Crippen LogP contribution >= 0.6 is 23.4 Å². The van der Waals surface area contributed by atoms with Gasteiger partial charge in [-0.25, -0.2) is 0 Å². The number of nitrogens with zero attached hydrogens (tertiary/aromatic N) is 2. The van der Waals surface area contributed by atoms with E-state index in [1.807, 2.05) is 37.5 Å². The first kappa shape index (κ1) is 14.2. The van der Waals surface area contributed by atoms with Gasteiger partial charge in [0.2, 0.25) is 0 Å². The zero-order chi connectivity index (χ0) is 13.7. The number of thioether (sulfide) groups is 1. The maximum Gasteiger partial charge on any atom is 0.143 e. The number of hydrogen-bond donors (Lipinski definition) is 0. The Labute approximate surface area is 122 Å². The fourth-order valence-corrected chi connectivity index (χ4v) is 2.79. The van der Waals surface area contributed by atoms with Crippen LogP contribution in [0, 0.1) is 0 Å². The molecule has 0 spiro atoms. The lowest BCUT2D eigenvalue weighted by molar-refractivity contribution is -0.116. The maximum atomic E-state index is 11.8. The molecule has 0 aliphatic carbocycles. The lowest BCUT2D eigenvalue weighted by Crippen LogP contribution is -2.02. The minimum absolute atomic E-state index is 0.244. The lowest BCUT2D eigenvalue weighted by atomic mass is 10.1. The molecule has 1 aromatic heterocycles. The third-order valence-corrected chi connectivity index (χ3v) is 3.94. The number of carbonyl (C=O) groups excluding carboxylic acids is 1. The van der Waals surface area contributed by atoms with E-state index in [1.165, 1.54) is 11.8 Å². The third kappa shape index (κ3) is 4.73. The number of rotatable bonds is 6. The van der Waals surface area contributed by atoms with E-state index in [9.17, 15) is 4.79 Å². The van der Waals surface area contributed by atoms with E-state index in [2.05, 4.69) is 5.10 Å². The quantitative estimate of drug-likeness (QED) is 0.766. The molecule has 0 saturated heterocycles. The van der Waals surface area contributed by atoms with Crippen molar-refractivity contribution in [1.82, 2.24) is 9.78 Å². The van der Waals surface area contributed by atoms with E-state index in [1.54, 1.807) is 10.9 Å². The molecule has 2 rings (SSSR count). The normalized spacial score (nSPS) is 10.6. The van der Waals surface area contributed by atoms with Crippen LogP contribution in [0.15, 0.2) is 41.6 Å². The molecule has 19 heavy (non-hydrogen) atoms. The van der Waals surface area contributed by atoms with Gasteiger partial charge in [0.25, 0.3) is 0 Å². The molecule has 5 heteroatoms. The first-order valence-corrected chi connectivity index (χ1v) is 7.37. The van der Waals surface area contributed by atoms with Crippen LogP contribution in [-0.2, 0) is 18.3 Å². The Kier molecular flexibility index (Phi) is 5.05. The molecule has 1 aromatic carbocycles. The number of aryl methyl sites for hydroxylation is 2. The second kappa shape index (κ2) is 6.78. The highest BCUT2D eigenvalue weighted by atomic mass is 35.5. The smallest absolute Gasteiger partial charge is 0.143 e. The average Bonchev–Trinajstić information content (AvgIpc) is 2.80. The Hall–Kier alpha value is -1.26. The van der Waals surface area contributed by atoms with Crippen LogP contribution in [0.3, 0.4) is 0 Å². The zero-order valence-electron chi connectivity index (χ0n) is 10.7. The molecule has 0 N–H and O–H groups in total. The predicted octanol–water partition coefficient (Wildman–Crippen LogP) is 3.37. The summed E-state index contributed by atoms with van der Waals surface area (Å²) in [5.41, 5.74) is 1.10. The molecule has 0 aliphatic heterocycles. The summed E-state index contributed by atoms with van der Waals surface area (Å²) in [7, 11) is 1.88. The van der Waals surface area contributed by atoms with E-state index < -0.39 is 0 Å². The largest absolute Gasteiger partial charge is 0.299 e. The minimum Gasteiger partial charge on any atom is -0.299 e. The van der Waals surface area contributed by atoms with Crippen molar-refractivity contribution in [2.45, 2.75) is 17.7 Å². The highest BCUT2D eigenvalue weighted by Crippen LogP contribution is 2.21. The van der Waals surface area contributed by atoms with Gasteiger partial charge >= 0.3 is 0 Å². The topological polar surface area (TPSA) is 34.9 Å². The van der Waals surface area contributed by atoms with Gasteiger partial charge in [0.05, 0.1) is 11.9 Å². The van der Waals surface area contributed by atoms with Crippen LogP contribution in [0.1, 0.15) is 12.0 Å². The molecule has 0 atom stereocenters. The van der Waals surface area contributed by atoms with Gasteiger partial charge in [-0.3, -0.25) is 9.48 Å². The van der Waals surface area contributed by atoms with E-state index in [0.717, 1.165) is 16.9 Å². The van der Waals surface area contributed by atoms with Gasteiger partial charge in [0.15, 0.2) is 0 Å². The molecule has 0 saturated carbocycles. The van der Waals surface area contributed by atoms with Crippen molar-refractivity contribution in [1.29, 1.82) is 0 Å². The number of Topliss-reactive ketones (excluding diaryl/α,β-unsaturated/α-hetero) is 1. The lowest BCUT2D eigenvalue weighted by Gasteiger charge is -2.01. The van der Waals surface area contributed by atoms with Crippen LogP contribution in [0.5, 0.6) is 0 Å². The summed E-state index contributed by atoms with van der Waals surface area (Å²) < 4.78 is 1.75. The number of hydrogen-bond acceptors (Lipinski definition) is 3. The molecular weight excluding hydrogens is 280 g/mol. The van der Waals surface area contributed by atoms with Crippen molar-refractivity contribution >= 4 is 29.1 Å². The van der Waals surface area contributed by atoms with Gasteiger partial charge in [-0.05, 0) is 30.2 Å². The van der Waals surface area contributed by atoms with E-state index in [-0.39, 0.29) is 5.78 Å². The van der Waals surface area contributed by atoms with Crippen LogP contribution in [-0.4, -0.2) is 21.3 Å². The number of aromatic nitrogens is 2. The van der Waals surface area contributed by atoms with Crippen molar-refractivity contribution < 1.29 is 4.79 Å². The Morgan fingerprint density at radius 1 is 1.47 bits per heavy atom. The summed E-state index contributed by atoms with van der Waals surface area (Å²) in [5, 5.41) is 4.79. The van der Waals surface area contributed by atoms with Crippen molar-refractivity contribution in [3.8, 4) is 0 Å². The van der Waals surface area contributed by atoms with Gasteiger partial charge in [0, 0.05) is 29.6 Å². The first-order chi connectivity index (χ1) is 9.13. The van der Waals surface area contributed by atoms with Crippen molar-refractivity contribution in [2.75, 3.05) is 5.75 Å². The molecule has 2 aromatic rings. The number of carbonyl (C=O) groups is 1. The van der Waals surface area contributed by atoms with Crippen molar-refractivity contribution in [3.63, 3.8) is 0 Å². The fourth-order valence-electron chi connectivity index (χ4n) is 1.68. The van der Waals surface area contributed by atoms with Crippen LogP contribution in [0.25, 0.3) is 0 Å². The molecule has 3 nitrogen and oxygen atoms in total. The highest BCUT2D eigenvalue weighted by Gasteiger charge is 2.05. The SMILES string of the molecule is Cn1cc(CCC(=O)CSc2cccc(Cl)c2)cn1. The Morgan fingerprint density at radius 2 is 2.32 bits per heavy atom. The molecule has 0 bridgehead atoms. The Balaban J connectivity index is 1.75. The standard InChI is InChI=1S/C14H15ClN2OS/c1-17-9-11(8-16-17)5-6-13(18)10-19-14-4-2-3-12(15)7-14/h2-4,7-9H,5-6,10H2,1H3. The molecular formula is C14H15ClN2OS. The molecule has 0 radical (unpaired) electrons. The fraction of sp³-hybridized carbons (Fsp3) is 0.286. The van der Waals surface area contributed by atoms with Crippen LogP contribution in [0.2, 0.25) is 5.02 Å². The van der Waals surface area contributed by atoms with Crippen molar-refractivity contribution in [2.24, 2.45) is 7.05 Å². The van der Waals surface area contributed by atoms with Crippen LogP contribution in [0.4, 0.5) is 0 Å². The zero-order valence-corrected chi connectivity index (χ0v) is 12.2. The molecule has 0 fully saturated rings. The summed E-state index contributed by atoms with van der Waals surface area (Å²) in [6, 6.07) is 7.56. The molecule has 0 aliphatic rings. The van der Waals surface area contributed by atoms with Gasteiger partial charge in [0.1, 0.15) is 5.78 Å². The molecule has 1 heterocycles. The van der Waals surface area contributed by atoms with Gasteiger partial charge in [-0.2, -0.15) is 5.10 Å². The van der Waals surface area contributed by atoms with Gasteiger partial charge in [-0.1, -0.05) is 17.7 Å². The van der Waals surface area contributed by atoms with E-state index >= 15 is 0 Å². The minimum atomic E-state index is 0.244. The van der Waals surface area contributed by atoms with Gasteiger partial charge < -0.3 is 0 Å². The summed E-state index contributed by atoms with van der Waals surface area (Å²) in [6.45, 7) is 0. The number of ketones is 1. The molecule has 100 valence electrons. The Morgan fingerprint density at radius 3 is 3.00 bits per heavy atom. The summed E-state index contributed by atoms with van der Waals surface area (Å²) >= 11 is 7.42. The number of benzene rings is 1. The van der Waals surface area contributed by atoms with Crippen LogP contribution < -0.4 is 0 Å². The third-order valence-electron chi connectivity index (χ3n) is 2.65. The Bertz CT molecular complexity index is 568.